The van der Waals surface area contributed by atoms with Crippen LogP contribution < -0.4 is 0 Å². The highest BCUT2D eigenvalue weighted by molar-refractivity contribution is 5.21. The van der Waals surface area contributed by atoms with E-state index in [1.165, 1.54) is 5.57 Å². The number of allylic oxidation sites excluding steroid dienone is 2. The lowest BCUT2D eigenvalue weighted by Gasteiger charge is -2.71. The average Bonchev–Trinajstić information content (AvgIpc) is 3.07. The van der Waals surface area contributed by atoms with Crippen molar-refractivity contribution in [2.45, 2.75) is 131 Å². The molecule has 3 unspecified atom stereocenters. The Balaban J connectivity index is 1.70. The van der Waals surface area contributed by atoms with Gasteiger partial charge >= 0.3 is 0 Å². The third-order valence-electron chi connectivity index (χ3n) is 12.3. The molecule has 0 bridgehead atoms. The van der Waals surface area contributed by atoms with E-state index in [1.807, 2.05) is 6.92 Å². The number of hydrogen-bond acceptors (Lipinski definition) is 4. The molecule has 0 heterocycles. The average molecular weight is 477 g/mol. The molecule has 0 aliphatic heterocycles. The molecule has 4 nitrogen and oxygen atoms in total. The van der Waals surface area contributed by atoms with Gasteiger partial charge in [0.1, 0.15) is 0 Å². The van der Waals surface area contributed by atoms with Gasteiger partial charge in [-0.15, -0.1) is 0 Å². The summed E-state index contributed by atoms with van der Waals surface area (Å²) in [5.41, 5.74) is -0.230. The van der Waals surface area contributed by atoms with Crippen molar-refractivity contribution in [1.82, 2.24) is 0 Å². The molecular weight excluding hydrogens is 424 g/mol. The zero-order valence-electron chi connectivity index (χ0n) is 23.1. The number of fused-ring (bicyclic) bond motifs is 5. The van der Waals surface area contributed by atoms with Crippen molar-refractivity contribution >= 4 is 0 Å². The van der Waals surface area contributed by atoms with Crippen LogP contribution in [0.1, 0.15) is 107 Å². The highest BCUT2D eigenvalue weighted by atomic mass is 16.3. The first-order chi connectivity index (χ1) is 15.5. The molecule has 4 rings (SSSR count). The molecule has 4 heteroatoms. The summed E-state index contributed by atoms with van der Waals surface area (Å²) in [5, 5.41) is 46.0. The van der Waals surface area contributed by atoms with Crippen LogP contribution in [0.4, 0.5) is 0 Å². The smallest absolute Gasteiger partial charge is 0.0654 e. The van der Waals surface area contributed by atoms with Crippen molar-refractivity contribution in [3.05, 3.63) is 11.6 Å². The summed E-state index contributed by atoms with van der Waals surface area (Å²) in [6, 6.07) is 0. The van der Waals surface area contributed by atoms with E-state index >= 15 is 0 Å². The fourth-order valence-electron chi connectivity index (χ4n) is 10.5. The van der Waals surface area contributed by atoms with Crippen molar-refractivity contribution in [3.8, 4) is 0 Å². The highest BCUT2D eigenvalue weighted by Crippen LogP contribution is 2.75. The number of hydrogen-bond donors (Lipinski definition) is 4. The Kier molecular flexibility index (Phi) is 6.50. The summed E-state index contributed by atoms with van der Waals surface area (Å²) in [7, 11) is 0. The zero-order valence-corrected chi connectivity index (χ0v) is 23.1. The van der Waals surface area contributed by atoms with Gasteiger partial charge in [-0.25, -0.2) is 0 Å². The first kappa shape index (κ1) is 26.6. The summed E-state index contributed by atoms with van der Waals surface area (Å²) in [4.78, 5) is 0. The molecule has 4 fully saturated rings. The van der Waals surface area contributed by atoms with Gasteiger partial charge in [0, 0.05) is 0 Å². The summed E-state index contributed by atoms with van der Waals surface area (Å²) >= 11 is 0. The van der Waals surface area contributed by atoms with E-state index in [9.17, 15) is 20.4 Å². The molecule has 0 aromatic heterocycles. The van der Waals surface area contributed by atoms with E-state index in [0.717, 1.165) is 51.4 Å². The predicted molar refractivity (Wildman–Crippen MR) is 137 cm³/mol. The second-order valence-electron chi connectivity index (χ2n) is 14.7. The molecule has 0 saturated heterocycles. The van der Waals surface area contributed by atoms with Crippen LogP contribution in [-0.4, -0.2) is 44.3 Å². The Morgan fingerprint density at radius 3 is 2.21 bits per heavy atom. The van der Waals surface area contributed by atoms with Crippen LogP contribution in [0, 0.1) is 45.3 Å². The van der Waals surface area contributed by atoms with Crippen LogP contribution in [0.2, 0.25) is 0 Å². The van der Waals surface area contributed by atoms with Crippen LogP contribution in [0.25, 0.3) is 0 Å². The maximum Gasteiger partial charge on any atom is 0.0654 e. The van der Waals surface area contributed by atoms with Crippen molar-refractivity contribution in [2.75, 3.05) is 0 Å². The molecule has 4 N–H and O–H groups in total. The topological polar surface area (TPSA) is 80.9 Å². The van der Waals surface area contributed by atoms with E-state index in [1.54, 1.807) is 0 Å². The standard InChI is InChI=1S/C30H52O4/c1-18(2)10-9-13-30(8,34)19-11-15-28(6)24(19)20(31)16-22-27(5)14-12-23(33)26(3,4)25(27)21(32)17-29(22,28)7/h10,19-25,31-34H,9,11-17H2,1-8H3/t19-,20-,21?,22+,23?,24+,25?,27+,28-,29+,30-/m0/s1. The predicted octanol–water partition coefficient (Wildman–Crippen LogP) is 5.47. The highest BCUT2D eigenvalue weighted by Gasteiger charge is 2.72. The van der Waals surface area contributed by atoms with E-state index < -0.39 is 23.9 Å². The van der Waals surface area contributed by atoms with Crippen LogP contribution in [0.3, 0.4) is 0 Å². The number of rotatable bonds is 4. The third-order valence-corrected chi connectivity index (χ3v) is 12.3. The zero-order chi connectivity index (χ0) is 25.5. The van der Waals surface area contributed by atoms with Gasteiger partial charge in [0.15, 0.2) is 0 Å². The van der Waals surface area contributed by atoms with E-state index in [2.05, 4.69) is 54.5 Å². The molecule has 0 aromatic carbocycles. The summed E-state index contributed by atoms with van der Waals surface area (Å²) < 4.78 is 0. The summed E-state index contributed by atoms with van der Waals surface area (Å²) in [6.45, 7) is 17.5. The van der Waals surface area contributed by atoms with Gasteiger partial charge in [0.2, 0.25) is 0 Å². The molecule has 34 heavy (non-hydrogen) atoms. The van der Waals surface area contributed by atoms with Gasteiger partial charge in [-0.05, 0) is 117 Å². The second kappa shape index (κ2) is 8.30. The Labute approximate surface area is 208 Å². The first-order valence-corrected chi connectivity index (χ1v) is 13.9. The van der Waals surface area contributed by atoms with Crippen molar-refractivity contribution in [2.24, 2.45) is 45.3 Å². The number of aliphatic hydroxyl groups excluding tert-OH is 3. The summed E-state index contributed by atoms with van der Waals surface area (Å²) in [5.74, 6) is 0.442. The van der Waals surface area contributed by atoms with Crippen molar-refractivity contribution in [1.29, 1.82) is 0 Å². The van der Waals surface area contributed by atoms with Gasteiger partial charge in [-0.3, -0.25) is 0 Å². The minimum absolute atomic E-state index is 0.0264. The minimum atomic E-state index is -0.810. The minimum Gasteiger partial charge on any atom is -0.393 e. The molecule has 0 amide bonds. The molecular formula is C30H52O4. The van der Waals surface area contributed by atoms with E-state index in [0.29, 0.717) is 5.92 Å². The maximum atomic E-state index is 11.8. The van der Waals surface area contributed by atoms with Gasteiger partial charge in [-0.1, -0.05) is 46.3 Å². The van der Waals surface area contributed by atoms with Crippen molar-refractivity contribution in [3.63, 3.8) is 0 Å². The molecule has 0 spiro atoms. The Bertz CT molecular complexity index is 813. The van der Waals surface area contributed by atoms with Gasteiger partial charge in [0.25, 0.3) is 0 Å². The lowest BCUT2D eigenvalue weighted by atomic mass is 9.34. The van der Waals surface area contributed by atoms with Gasteiger partial charge < -0.3 is 20.4 Å². The Hall–Kier alpha value is -0.420. The third kappa shape index (κ3) is 3.60. The molecule has 196 valence electrons. The second-order valence-corrected chi connectivity index (χ2v) is 14.7. The van der Waals surface area contributed by atoms with Crippen molar-refractivity contribution < 1.29 is 20.4 Å². The Morgan fingerprint density at radius 2 is 1.59 bits per heavy atom. The maximum absolute atomic E-state index is 11.8. The van der Waals surface area contributed by atoms with Crippen LogP contribution in [0.15, 0.2) is 11.6 Å². The van der Waals surface area contributed by atoms with Crippen LogP contribution >= 0.6 is 0 Å². The summed E-state index contributed by atoms with van der Waals surface area (Å²) in [6.07, 6.45) is 7.54. The Morgan fingerprint density at radius 1 is 0.941 bits per heavy atom. The van der Waals surface area contributed by atoms with E-state index in [4.69, 9.17) is 0 Å². The molecule has 0 aromatic rings. The van der Waals surface area contributed by atoms with Gasteiger partial charge in [0.05, 0.1) is 23.9 Å². The number of aliphatic hydroxyl groups is 4. The van der Waals surface area contributed by atoms with Gasteiger partial charge in [-0.2, -0.15) is 0 Å². The molecule has 4 aliphatic rings. The monoisotopic (exact) mass is 476 g/mol. The lowest BCUT2D eigenvalue weighted by molar-refractivity contribution is -0.274. The molecule has 4 saturated carbocycles. The fraction of sp³-hybridized carbons (Fsp3) is 0.933. The normalized spacial score (nSPS) is 51.6. The molecule has 0 radical (unpaired) electrons. The van der Waals surface area contributed by atoms with Crippen LogP contribution in [-0.2, 0) is 0 Å². The van der Waals surface area contributed by atoms with Crippen LogP contribution in [0.5, 0.6) is 0 Å². The van der Waals surface area contributed by atoms with E-state index in [-0.39, 0.29) is 39.4 Å². The quantitative estimate of drug-likeness (QED) is 0.406. The largest absolute Gasteiger partial charge is 0.393 e. The molecule has 11 atom stereocenters. The molecule has 4 aliphatic carbocycles. The lowest BCUT2D eigenvalue weighted by Crippen LogP contribution is -2.69. The first-order valence-electron chi connectivity index (χ1n) is 13.9. The SMILES string of the molecule is CC(C)=CCC[C@](C)(O)[C@H]1CC[C@@]2(C)[C@H]1[C@@H](O)C[C@@H]1[C@@]3(C)CCC(O)C(C)(C)C3C(O)C[C@]12C. The fourth-order valence-corrected chi connectivity index (χ4v) is 10.5.